The van der Waals surface area contributed by atoms with Crippen LogP contribution in [0, 0.1) is 5.41 Å². The minimum Gasteiger partial charge on any atom is -0.477 e. The van der Waals surface area contributed by atoms with Crippen molar-refractivity contribution in [1.29, 1.82) is 0 Å². The molecule has 1 aliphatic carbocycles. The van der Waals surface area contributed by atoms with Gasteiger partial charge in [-0.25, -0.2) is 14.8 Å². The van der Waals surface area contributed by atoms with Crippen LogP contribution in [-0.4, -0.2) is 27.1 Å². The highest BCUT2D eigenvalue weighted by atomic mass is 16.4. The lowest BCUT2D eigenvalue weighted by molar-refractivity contribution is 0.0690. The van der Waals surface area contributed by atoms with E-state index in [9.17, 15) is 4.79 Å². The van der Waals surface area contributed by atoms with Crippen LogP contribution in [-0.2, 0) is 0 Å². The quantitative estimate of drug-likeness (QED) is 0.861. The molecule has 1 unspecified atom stereocenters. The van der Waals surface area contributed by atoms with Gasteiger partial charge in [0.1, 0.15) is 0 Å². The van der Waals surface area contributed by atoms with Gasteiger partial charge < -0.3 is 10.4 Å². The fourth-order valence-corrected chi connectivity index (χ4v) is 2.46. The molecule has 0 saturated heterocycles. The van der Waals surface area contributed by atoms with Crippen LogP contribution < -0.4 is 5.32 Å². The summed E-state index contributed by atoms with van der Waals surface area (Å²) >= 11 is 0. The van der Waals surface area contributed by atoms with Gasteiger partial charge in [0, 0.05) is 12.2 Å². The van der Waals surface area contributed by atoms with Crippen LogP contribution in [0.15, 0.2) is 12.3 Å². The molecule has 1 fully saturated rings. The first-order valence-electron chi connectivity index (χ1n) is 6.32. The van der Waals surface area contributed by atoms with Crippen LogP contribution in [0.4, 0.5) is 5.95 Å². The first-order valence-corrected chi connectivity index (χ1v) is 6.32. The summed E-state index contributed by atoms with van der Waals surface area (Å²) in [6.45, 7) is 4.45. The lowest BCUT2D eigenvalue weighted by Gasteiger charge is -2.39. The van der Waals surface area contributed by atoms with Crippen molar-refractivity contribution in [3.63, 3.8) is 0 Å². The molecule has 1 heterocycles. The molecule has 5 heteroatoms. The van der Waals surface area contributed by atoms with Gasteiger partial charge in [-0.3, -0.25) is 0 Å². The lowest BCUT2D eigenvalue weighted by atomic mass is 9.73. The van der Waals surface area contributed by atoms with Gasteiger partial charge in [0.15, 0.2) is 5.69 Å². The van der Waals surface area contributed by atoms with Gasteiger partial charge >= 0.3 is 5.97 Å². The van der Waals surface area contributed by atoms with Gasteiger partial charge in [-0.15, -0.1) is 0 Å². The van der Waals surface area contributed by atoms with Crippen molar-refractivity contribution < 1.29 is 9.90 Å². The third-order valence-electron chi connectivity index (χ3n) is 3.69. The minimum atomic E-state index is -1.02. The Bertz CT molecular complexity index is 446. The predicted molar refractivity (Wildman–Crippen MR) is 68.7 cm³/mol. The van der Waals surface area contributed by atoms with Gasteiger partial charge in [-0.2, -0.15) is 0 Å². The molecule has 0 amide bonds. The van der Waals surface area contributed by atoms with Crippen LogP contribution in [0.2, 0.25) is 0 Å². The van der Waals surface area contributed by atoms with Crippen molar-refractivity contribution in [3.05, 3.63) is 18.0 Å². The first-order chi connectivity index (χ1) is 8.49. The van der Waals surface area contributed by atoms with E-state index < -0.39 is 5.97 Å². The summed E-state index contributed by atoms with van der Waals surface area (Å²) < 4.78 is 0. The predicted octanol–water partition coefficient (Wildman–Crippen LogP) is 2.56. The maximum absolute atomic E-state index is 10.9. The fraction of sp³-hybridized carbons (Fsp3) is 0.615. The van der Waals surface area contributed by atoms with Crippen molar-refractivity contribution in [1.82, 2.24) is 9.97 Å². The van der Waals surface area contributed by atoms with E-state index in [-0.39, 0.29) is 11.1 Å². The molecule has 1 atom stereocenters. The molecule has 98 valence electrons. The average molecular weight is 249 g/mol. The van der Waals surface area contributed by atoms with Crippen LogP contribution in [0.3, 0.4) is 0 Å². The second-order valence-corrected chi connectivity index (χ2v) is 5.50. The van der Waals surface area contributed by atoms with Crippen LogP contribution >= 0.6 is 0 Å². The molecular formula is C13H19N3O2. The van der Waals surface area contributed by atoms with E-state index in [4.69, 9.17) is 5.11 Å². The number of aromatic carboxylic acids is 1. The van der Waals surface area contributed by atoms with Crippen molar-refractivity contribution in [2.45, 2.75) is 45.6 Å². The van der Waals surface area contributed by atoms with E-state index in [1.807, 2.05) is 0 Å². The number of hydrogen-bond acceptors (Lipinski definition) is 4. The number of anilines is 1. The van der Waals surface area contributed by atoms with E-state index in [2.05, 4.69) is 29.1 Å². The highest BCUT2D eigenvalue weighted by Crippen LogP contribution is 2.36. The number of nitrogens with one attached hydrogen (secondary N) is 1. The fourth-order valence-electron chi connectivity index (χ4n) is 2.46. The largest absolute Gasteiger partial charge is 0.477 e. The Morgan fingerprint density at radius 3 is 2.94 bits per heavy atom. The van der Waals surface area contributed by atoms with Crippen LogP contribution in [0.25, 0.3) is 0 Å². The molecule has 2 N–H and O–H groups in total. The third kappa shape index (κ3) is 2.78. The molecule has 1 saturated carbocycles. The van der Waals surface area contributed by atoms with Crippen molar-refractivity contribution in [2.24, 2.45) is 5.41 Å². The van der Waals surface area contributed by atoms with Crippen molar-refractivity contribution >= 4 is 11.9 Å². The summed E-state index contributed by atoms with van der Waals surface area (Å²) in [6.07, 6.45) is 6.17. The van der Waals surface area contributed by atoms with Gasteiger partial charge in [0.25, 0.3) is 0 Å². The maximum atomic E-state index is 10.9. The first kappa shape index (κ1) is 12.8. The number of carboxylic acids is 1. The van der Waals surface area contributed by atoms with Gasteiger partial charge in [0.05, 0.1) is 0 Å². The summed E-state index contributed by atoms with van der Waals surface area (Å²) in [5, 5.41) is 12.2. The second kappa shape index (κ2) is 4.92. The summed E-state index contributed by atoms with van der Waals surface area (Å²) in [6, 6.07) is 1.70. The van der Waals surface area contributed by atoms with Crippen LogP contribution in [0.5, 0.6) is 0 Å². The summed E-state index contributed by atoms with van der Waals surface area (Å²) in [5.74, 6) is -0.613. The van der Waals surface area contributed by atoms with Crippen LogP contribution in [0.1, 0.15) is 50.0 Å². The number of rotatable bonds is 3. The summed E-state index contributed by atoms with van der Waals surface area (Å²) in [7, 11) is 0. The molecule has 18 heavy (non-hydrogen) atoms. The van der Waals surface area contributed by atoms with Gasteiger partial charge in [-0.05, 0) is 24.3 Å². The zero-order chi connectivity index (χ0) is 13.2. The average Bonchev–Trinajstić information content (AvgIpc) is 2.32. The summed E-state index contributed by atoms with van der Waals surface area (Å²) in [5.41, 5.74) is 0.224. The number of carbonyl (C=O) groups is 1. The van der Waals surface area contributed by atoms with Crippen molar-refractivity contribution in [3.8, 4) is 0 Å². The lowest BCUT2D eigenvalue weighted by Crippen LogP contribution is -2.39. The monoisotopic (exact) mass is 249 g/mol. The van der Waals surface area contributed by atoms with Gasteiger partial charge in [-0.1, -0.05) is 26.7 Å². The van der Waals surface area contributed by atoms with E-state index >= 15 is 0 Å². The Morgan fingerprint density at radius 2 is 2.28 bits per heavy atom. The molecule has 0 bridgehead atoms. The Morgan fingerprint density at radius 1 is 1.50 bits per heavy atom. The van der Waals surface area contributed by atoms with E-state index in [0.29, 0.717) is 12.0 Å². The third-order valence-corrected chi connectivity index (χ3v) is 3.69. The minimum absolute atomic E-state index is 0.0288. The van der Waals surface area contributed by atoms with Crippen molar-refractivity contribution in [2.75, 3.05) is 5.32 Å². The summed E-state index contributed by atoms with van der Waals surface area (Å²) in [4.78, 5) is 19.0. The number of nitrogens with zero attached hydrogens (tertiary/aromatic N) is 2. The maximum Gasteiger partial charge on any atom is 0.354 e. The second-order valence-electron chi connectivity index (χ2n) is 5.50. The number of carboxylic acid groups (broad SMARTS) is 1. The Balaban J connectivity index is 2.13. The zero-order valence-corrected chi connectivity index (χ0v) is 10.8. The smallest absolute Gasteiger partial charge is 0.354 e. The molecule has 0 aliphatic heterocycles. The number of aromatic nitrogens is 2. The Kier molecular flexibility index (Phi) is 3.50. The molecule has 0 aromatic carbocycles. The normalized spacial score (nSPS) is 22.4. The topological polar surface area (TPSA) is 75.1 Å². The molecule has 1 aromatic heterocycles. The molecular weight excluding hydrogens is 230 g/mol. The van der Waals surface area contributed by atoms with E-state index in [1.54, 1.807) is 0 Å². The molecule has 1 aromatic rings. The highest BCUT2D eigenvalue weighted by molar-refractivity contribution is 5.85. The molecule has 0 radical (unpaired) electrons. The Labute approximate surface area is 107 Å². The number of hydrogen-bond donors (Lipinski definition) is 2. The van der Waals surface area contributed by atoms with E-state index in [1.165, 1.54) is 31.5 Å². The molecule has 2 rings (SSSR count). The van der Waals surface area contributed by atoms with Gasteiger partial charge in [0.2, 0.25) is 5.95 Å². The Hall–Kier alpha value is -1.65. The molecule has 1 aliphatic rings. The van der Waals surface area contributed by atoms with E-state index in [0.717, 1.165) is 6.42 Å². The molecule has 0 spiro atoms. The standard InChI is InChI=1S/C13H19N3O2/c1-13(2)7-4-3-5-10(13)16-12-14-8-6-9(15-12)11(17)18/h6,8,10H,3-5,7H2,1-2H3,(H,17,18)(H,14,15,16). The SMILES string of the molecule is CC1(C)CCCCC1Nc1nccc(C(=O)O)n1. The highest BCUT2D eigenvalue weighted by Gasteiger charge is 2.32. The zero-order valence-electron chi connectivity index (χ0n) is 10.8. The molecule has 5 nitrogen and oxygen atoms in total.